The molecule has 0 saturated carbocycles. The first-order valence-electron chi connectivity index (χ1n) is 5.69. The molecule has 0 radical (unpaired) electrons. The van der Waals surface area contributed by atoms with Gasteiger partial charge in [-0.3, -0.25) is 11.3 Å². The van der Waals surface area contributed by atoms with E-state index >= 15 is 0 Å². The fourth-order valence-corrected chi connectivity index (χ4v) is 1.73. The second-order valence-corrected chi connectivity index (χ2v) is 4.46. The summed E-state index contributed by atoms with van der Waals surface area (Å²) in [6.07, 6.45) is 0.224. The summed E-state index contributed by atoms with van der Waals surface area (Å²) in [7, 11) is 0. The number of benzene rings is 1. The first-order valence-corrected chi connectivity index (χ1v) is 5.69. The molecule has 3 N–H and O–H groups in total. The van der Waals surface area contributed by atoms with Crippen LogP contribution in [-0.2, 0) is 4.74 Å². The van der Waals surface area contributed by atoms with Gasteiger partial charge in [-0.25, -0.2) is 0 Å². The van der Waals surface area contributed by atoms with Crippen molar-refractivity contribution in [1.29, 1.82) is 0 Å². The standard InChI is InChI=1S/C13H22N2O/c1-9(2)16-8-13(15-14)12-6-5-10(3)7-11(12)4/h5-7,9,13,15H,8,14H2,1-4H3. The fraction of sp³-hybridized carbons (Fsp3) is 0.538. The fourth-order valence-electron chi connectivity index (χ4n) is 1.73. The highest BCUT2D eigenvalue weighted by Crippen LogP contribution is 2.19. The van der Waals surface area contributed by atoms with E-state index in [1.807, 2.05) is 13.8 Å². The summed E-state index contributed by atoms with van der Waals surface area (Å²) in [5.41, 5.74) is 6.52. The Hall–Kier alpha value is -0.900. The lowest BCUT2D eigenvalue weighted by Gasteiger charge is -2.20. The van der Waals surface area contributed by atoms with Gasteiger partial charge in [0.2, 0.25) is 0 Å². The van der Waals surface area contributed by atoms with Gasteiger partial charge in [0.1, 0.15) is 0 Å². The maximum absolute atomic E-state index is 5.59. The zero-order chi connectivity index (χ0) is 12.1. The Morgan fingerprint density at radius 2 is 2.00 bits per heavy atom. The van der Waals surface area contributed by atoms with Gasteiger partial charge >= 0.3 is 0 Å². The molecule has 0 bridgehead atoms. The van der Waals surface area contributed by atoms with Crippen molar-refractivity contribution in [3.8, 4) is 0 Å². The van der Waals surface area contributed by atoms with Crippen molar-refractivity contribution in [1.82, 2.24) is 5.43 Å². The number of hydrazine groups is 1. The molecule has 1 rings (SSSR count). The maximum Gasteiger partial charge on any atom is 0.0696 e. The summed E-state index contributed by atoms with van der Waals surface area (Å²) in [6, 6.07) is 6.43. The van der Waals surface area contributed by atoms with Crippen molar-refractivity contribution < 1.29 is 4.74 Å². The highest BCUT2D eigenvalue weighted by atomic mass is 16.5. The van der Waals surface area contributed by atoms with Crippen LogP contribution in [0.4, 0.5) is 0 Å². The van der Waals surface area contributed by atoms with Crippen molar-refractivity contribution in [2.45, 2.75) is 39.8 Å². The molecule has 90 valence electrons. The van der Waals surface area contributed by atoms with Crippen LogP contribution in [0.5, 0.6) is 0 Å². The van der Waals surface area contributed by atoms with Gasteiger partial charge in [-0.2, -0.15) is 0 Å². The number of hydrogen-bond donors (Lipinski definition) is 2. The van der Waals surface area contributed by atoms with Crippen LogP contribution in [0.15, 0.2) is 18.2 Å². The van der Waals surface area contributed by atoms with Crippen LogP contribution in [0, 0.1) is 13.8 Å². The number of rotatable bonds is 5. The number of nitrogens with one attached hydrogen (secondary N) is 1. The van der Waals surface area contributed by atoms with Gasteiger partial charge in [0.25, 0.3) is 0 Å². The third-order valence-electron chi connectivity index (χ3n) is 2.60. The molecule has 0 saturated heterocycles. The van der Waals surface area contributed by atoms with Crippen LogP contribution in [0.2, 0.25) is 0 Å². The Morgan fingerprint density at radius 1 is 1.31 bits per heavy atom. The highest BCUT2D eigenvalue weighted by molar-refractivity contribution is 5.32. The molecular formula is C13H22N2O. The molecule has 16 heavy (non-hydrogen) atoms. The number of nitrogens with two attached hydrogens (primary N) is 1. The molecule has 0 spiro atoms. The molecular weight excluding hydrogens is 200 g/mol. The van der Waals surface area contributed by atoms with Gasteiger partial charge in [0.05, 0.1) is 18.8 Å². The van der Waals surface area contributed by atoms with Crippen LogP contribution < -0.4 is 11.3 Å². The minimum absolute atomic E-state index is 0.0583. The predicted octanol–water partition coefficient (Wildman–Crippen LogP) is 2.23. The van der Waals surface area contributed by atoms with Crippen molar-refractivity contribution in [2.24, 2.45) is 5.84 Å². The monoisotopic (exact) mass is 222 g/mol. The van der Waals surface area contributed by atoms with Crippen LogP contribution in [0.3, 0.4) is 0 Å². The summed E-state index contributed by atoms with van der Waals surface area (Å²) in [4.78, 5) is 0. The van der Waals surface area contributed by atoms with Gasteiger partial charge in [0.15, 0.2) is 0 Å². The first kappa shape index (κ1) is 13.2. The van der Waals surface area contributed by atoms with Crippen molar-refractivity contribution in [3.05, 3.63) is 34.9 Å². The van der Waals surface area contributed by atoms with E-state index < -0.39 is 0 Å². The van der Waals surface area contributed by atoms with E-state index in [1.54, 1.807) is 0 Å². The zero-order valence-corrected chi connectivity index (χ0v) is 10.6. The average Bonchev–Trinajstić information content (AvgIpc) is 2.21. The van der Waals surface area contributed by atoms with E-state index in [0.717, 1.165) is 0 Å². The Morgan fingerprint density at radius 3 is 2.50 bits per heavy atom. The average molecular weight is 222 g/mol. The Kier molecular flexibility index (Phi) is 4.93. The van der Waals surface area contributed by atoms with Gasteiger partial charge in [0, 0.05) is 0 Å². The molecule has 0 aliphatic carbocycles. The van der Waals surface area contributed by atoms with Crippen molar-refractivity contribution in [3.63, 3.8) is 0 Å². The molecule has 1 aromatic carbocycles. The summed E-state index contributed by atoms with van der Waals surface area (Å²) >= 11 is 0. The lowest BCUT2D eigenvalue weighted by molar-refractivity contribution is 0.0610. The van der Waals surface area contributed by atoms with Crippen LogP contribution in [0.1, 0.15) is 36.6 Å². The minimum Gasteiger partial charge on any atom is -0.377 e. The molecule has 1 aromatic rings. The highest BCUT2D eigenvalue weighted by Gasteiger charge is 2.12. The van der Waals surface area contributed by atoms with Crippen molar-refractivity contribution >= 4 is 0 Å². The lowest BCUT2D eigenvalue weighted by Crippen LogP contribution is -2.32. The van der Waals surface area contributed by atoms with Crippen LogP contribution in [-0.4, -0.2) is 12.7 Å². The second kappa shape index (κ2) is 5.99. The first-order chi connectivity index (χ1) is 7.54. The van der Waals surface area contributed by atoms with E-state index in [4.69, 9.17) is 10.6 Å². The third-order valence-corrected chi connectivity index (χ3v) is 2.60. The van der Waals surface area contributed by atoms with E-state index in [-0.39, 0.29) is 12.1 Å². The van der Waals surface area contributed by atoms with Gasteiger partial charge in [-0.05, 0) is 38.8 Å². The van der Waals surface area contributed by atoms with Gasteiger partial charge in [-0.1, -0.05) is 23.8 Å². The van der Waals surface area contributed by atoms with Gasteiger partial charge in [-0.15, -0.1) is 0 Å². The summed E-state index contributed by atoms with van der Waals surface area (Å²) in [5, 5.41) is 0. The molecule has 0 aliphatic rings. The molecule has 3 nitrogen and oxygen atoms in total. The predicted molar refractivity (Wildman–Crippen MR) is 67.1 cm³/mol. The number of aryl methyl sites for hydroxylation is 2. The van der Waals surface area contributed by atoms with Crippen LogP contribution >= 0.6 is 0 Å². The molecule has 1 atom stereocenters. The molecule has 1 unspecified atom stereocenters. The topological polar surface area (TPSA) is 47.3 Å². The van der Waals surface area contributed by atoms with E-state index in [0.29, 0.717) is 6.61 Å². The second-order valence-electron chi connectivity index (χ2n) is 4.46. The molecule has 3 heteroatoms. The van der Waals surface area contributed by atoms with Crippen LogP contribution in [0.25, 0.3) is 0 Å². The lowest BCUT2D eigenvalue weighted by atomic mass is 10.00. The van der Waals surface area contributed by atoms with Crippen molar-refractivity contribution in [2.75, 3.05) is 6.61 Å². The SMILES string of the molecule is Cc1ccc(C(COC(C)C)NN)c(C)c1. The Balaban J connectivity index is 2.78. The third kappa shape index (κ3) is 3.59. The van der Waals surface area contributed by atoms with E-state index in [9.17, 15) is 0 Å². The van der Waals surface area contributed by atoms with E-state index in [2.05, 4.69) is 37.5 Å². The Labute approximate surface area is 98.0 Å². The normalized spacial score (nSPS) is 13.1. The maximum atomic E-state index is 5.59. The summed E-state index contributed by atoms with van der Waals surface area (Å²) in [5.74, 6) is 5.57. The van der Waals surface area contributed by atoms with E-state index in [1.165, 1.54) is 16.7 Å². The molecule has 0 aromatic heterocycles. The molecule has 0 amide bonds. The summed E-state index contributed by atoms with van der Waals surface area (Å²) < 4.78 is 5.59. The quantitative estimate of drug-likeness (QED) is 0.593. The zero-order valence-electron chi connectivity index (χ0n) is 10.6. The number of hydrogen-bond acceptors (Lipinski definition) is 3. The molecule has 0 aliphatic heterocycles. The molecule has 0 fully saturated rings. The minimum atomic E-state index is 0.0583. The largest absolute Gasteiger partial charge is 0.377 e. The summed E-state index contributed by atoms with van der Waals surface area (Å²) in [6.45, 7) is 8.83. The molecule has 0 heterocycles. The smallest absolute Gasteiger partial charge is 0.0696 e. The van der Waals surface area contributed by atoms with Gasteiger partial charge < -0.3 is 4.74 Å². The Bertz CT molecular complexity index is 337. The number of ether oxygens (including phenoxy) is 1.